The summed E-state index contributed by atoms with van der Waals surface area (Å²) in [5, 5.41) is 3.76. The minimum absolute atomic E-state index is 0.0396. The number of carbonyl (C=O) groups excluding carboxylic acids is 1. The highest BCUT2D eigenvalue weighted by molar-refractivity contribution is 5.96. The highest BCUT2D eigenvalue weighted by Crippen LogP contribution is 2.36. The number of urea groups is 1. The van der Waals surface area contributed by atoms with Crippen LogP contribution in [0.25, 0.3) is 10.9 Å². The Bertz CT molecular complexity index is 1580. The molecule has 1 saturated heterocycles. The standard InChI is InChI=1S/C28H28F3N7O2/c1-16-34-22-9-8-18(12-21(22)26(35-16)32-14-17-6-5-7-20(24(17)29)25(30)31)37(3)19-13-23(27(40-4)33-15-19)38-11-10-36(2)28(38)39/h5-9,12-13,15,25H,10-11,14H2,1-4H3,(H,32,34,35). The van der Waals surface area contributed by atoms with E-state index in [4.69, 9.17) is 4.74 Å². The predicted octanol–water partition coefficient (Wildman–Crippen LogP) is 5.67. The molecule has 208 valence electrons. The van der Waals surface area contributed by atoms with E-state index in [0.29, 0.717) is 52.9 Å². The first-order valence-electron chi connectivity index (χ1n) is 12.6. The van der Waals surface area contributed by atoms with Gasteiger partial charge in [0.1, 0.15) is 23.1 Å². The number of halogens is 3. The number of fused-ring (bicyclic) bond motifs is 1. The van der Waals surface area contributed by atoms with Crippen LogP contribution in [0.2, 0.25) is 0 Å². The third-order valence-corrected chi connectivity index (χ3v) is 6.87. The van der Waals surface area contributed by atoms with Crippen molar-refractivity contribution in [3.05, 3.63) is 71.4 Å². The highest BCUT2D eigenvalue weighted by atomic mass is 19.3. The number of ether oxygens (including phenoxy) is 1. The Morgan fingerprint density at radius 2 is 1.93 bits per heavy atom. The second-order valence-corrected chi connectivity index (χ2v) is 9.43. The zero-order valence-electron chi connectivity index (χ0n) is 22.5. The van der Waals surface area contributed by atoms with E-state index in [0.717, 1.165) is 11.8 Å². The zero-order valence-corrected chi connectivity index (χ0v) is 22.5. The molecular formula is C28H28F3N7O2. The van der Waals surface area contributed by atoms with Gasteiger partial charge in [0, 0.05) is 50.4 Å². The van der Waals surface area contributed by atoms with E-state index in [2.05, 4.69) is 20.3 Å². The Balaban J connectivity index is 1.47. The second kappa shape index (κ2) is 10.9. The summed E-state index contributed by atoms with van der Waals surface area (Å²) < 4.78 is 46.4. The summed E-state index contributed by atoms with van der Waals surface area (Å²) in [4.78, 5) is 31.2. The molecule has 1 aliphatic heterocycles. The zero-order chi connectivity index (χ0) is 28.6. The van der Waals surface area contributed by atoms with Crippen molar-refractivity contribution in [2.24, 2.45) is 0 Å². The highest BCUT2D eigenvalue weighted by Gasteiger charge is 2.30. The minimum atomic E-state index is -2.90. The molecule has 5 rings (SSSR count). The Hall–Kier alpha value is -4.61. The summed E-state index contributed by atoms with van der Waals surface area (Å²) in [5.41, 5.74) is 2.18. The molecule has 0 saturated carbocycles. The number of hydrogen-bond donors (Lipinski definition) is 1. The molecule has 2 aromatic carbocycles. The van der Waals surface area contributed by atoms with Gasteiger partial charge in [-0.15, -0.1) is 0 Å². The van der Waals surface area contributed by atoms with E-state index >= 15 is 0 Å². The van der Waals surface area contributed by atoms with Crippen molar-refractivity contribution >= 4 is 39.8 Å². The smallest absolute Gasteiger partial charge is 0.324 e. The number of aryl methyl sites for hydroxylation is 1. The quantitative estimate of drug-likeness (QED) is 0.302. The van der Waals surface area contributed by atoms with Crippen molar-refractivity contribution in [1.29, 1.82) is 0 Å². The van der Waals surface area contributed by atoms with Gasteiger partial charge in [-0.3, -0.25) is 4.90 Å². The molecule has 0 unspecified atom stereocenters. The number of hydrogen-bond acceptors (Lipinski definition) is 7. The fraction of sp³-hybridized carbons (Fsp3) is 0.286. The molecule has 9 nitrogen and oxygen atoms in total. The van der Waals surface area contributed by atoms with Gasteiger partial charge in [-0.05, 0) is 31.2 Å². The number of alkyl halides is 2. The summed E-state index contributed by atoms with van der Waals surface area (Å²) in [5.74, 6) is 0.352. The van der Waals surface area contributed by atoms with Crippen molar-refractivity contribution in [3.8, 4) is 5.88 Å². The molecule has 2 amide bonds. The van der Waals surface area contributed by atoms with Crippen molar-refractivity contribution in [2.75, 3.05) is 49.4 Å². The van der Waals surface area contributed by atoms with E-state index in [1.807, 2.05) is 36.2 Å². The van der Waals surface area contributed by atoms with Gasteiger partial charge < -0.3 is 19.9 Å². The summed E-state index contributed by atoms with van der Waals surface area (Å²) >= 11 is 0. The Morgan fingerprint density at radius 1 is 1.12 bits per heavy atom. The van der Waals surface area contributed by atoms with E-state index < -0.39 is 17.8 Å². The average molecular weight is 552 g/mol. The van der Waals surface area contributed by atoms with Crippen LogP contribution >= 0.6 is 0 Å². The van der Waals surface area contributed by atoms with Gasteiger partial charge in [-0.2, -0.15) is 0 Å². The molecule has 12 heteroatoms. The van der Waals surface area contributed by atoms with Gasteiger partial charge in [0.25, 0.3) is 6.43 Å². The lowest BCUT2D eigenvalue weighted by Gasteiger charge is -2.24. The molecule has 0 aliphatic carbocycles. The number of aromatic nitrogens is 3. The fourth-order valence-corrected chi connectivity index (χ4v) is 4.64. The maximum Gasteiger partial charge on any atom is 0.324 e. The van der Waals surface area contributed by atoms with Crippen molar-refractivity contribution < 1.29 is 22.7 Å². The molecule has 1 N–H and O–H groups in total. The maximum atomic E-state index is 14.6. The lowest BCUT2D eigenvalue weighted by Crippen LogP contribution is -2.29. The van der Waals surface area contributed by atoms with Crippen LogP contribution in [0.3, 0.4) is 0 Å². The molecule has 1 fully saturated rings. The van der Waals surface area contributed by atoms with Crippen LogP contribution in [0.4, 0.5) is 40.8 Å². The van der Waals surface area contributed by atoms with Crippen LogP contribution in [0, 0.1) is 12.7 Å². The van der Waals surface area contributed by atoms with Gasteiger partial charge in [0.2, 0.25) is 5.88 Å². The summed E-state index contributed by atoms with van der Waals surface area (Å²) in [7, 11) is 5.11. The monoisotopic (exact) mass is 551 g/mol. The van der Waals surface area contributed by atoms with Crippen molar-refractivity contribution in [2.45, 2.75) is 19.9 Å². The molecule has 2 aromatic heterocycles. The van der Waals surface area contributed by atoms with Gasteiger partial charge in [0.15, 0.2) is 0 Å². The molecule has 0 spiro atoms. The number of anilines is 4. The van der Waals surface area contributed by atoms with Gasteiger partial charge in [0.05, 0.1) is 30.1 Å². The molecule has 40 heavy (non-hydrogen) atoms. The van der Waals surface area contributed by atoms with Crippen LogP contribution < -0.4 is 19.9 Å². The molecule has 0 atom stereocenters. The van der Waals surface area contributed by atoms with Gasteiger partial charge >= 0.3 is 6.03 Å². The normalized spacial score (nSPS) is 13.4. The average Bonchev–Trinajstić information content (AvgIpc) is 3.28. The number of nitrogens with zero attached hydrogens (tertiary/aromatic N) is 6. The van der Waals surface area contributed by atoms with Gasteiger partial charge in [-0.25, -0.2) is 32.9 Å². The molecule has 3 heterocycles. The molecule has 0 radical (unpaired) electrons. The van der Waals surface area contributed by atoms with Crippen LogP contribution in [0.5, 0.6) is 5.88 Å². The summed E-state index contributed by atoms with van der Waals surface area (Å²) in [6.45, 7) is 2.81. The number of likely N-dealkylation sites (N-methyl/N-ethyl adjacent to an activating group) is 1. The summed E-state index contributed by atoms with van der Waals surface area (Å²) in [6.07, 6.45) is -1.25. The number of benzene rings is 2. The Kier molecular flexibility index (Phi) is 7.33. The molecule has 0 bridgehead atoms. The van der Waals surface area contributed by atoms with E-state index in [1.54, 1.807) is 30.0 Å². The van der Waals surface area contributed by atoms with Crippen LogP contribution in [0.1, 0.15) is 23.4 Å². The third-order valence-electron chi connectivity index (χ3n) is 6.87. The van der Waals surface area contributed by atoms with Crippen molar-refractivity contribution in [1.82, 2.24) is 19.9 Å². The van der Waals surface area contributed by atoms with Crippen LogP contribution in [-0.4, -0.2) is 60.2 Å². The topological polar surface area (TPSA) is 86.7 Å². The van der Waals surface area contributed by atoms with Crippen molar-refractivity contribution in [3.63, 3.8) is 0 Å². The number of nitrogens with one attached hydrogen (secondary N) is 1. The lowest BCUT2D eigenvalue weighted by molar-refractivity contribution is 0.146. The Labute approximate surface area is 229 Å². The molecular weight excluding hydrogens is 523 g/mol. The summed E-state index contributed by atoms with van der Waals surface area (Å²) in [6, 6.07) is 11.3. The van der Waals surface area contributed by atoms with Gasteiger partial charge in [-0.1, -0.05) is 18.2 Å². The largest absolute Gasteiger partial charge is 0.480 e. The number of amides is 2. The minimum Gasteiger partial charge on any atom is -0.480 e. The van der Waals surface area contributed by atoms with E-state index in [1.165, 1.54) is 19.2 Å². The Morgan fingerprint density at radius 3 is 2.62 bits per heavy atom. The second-order valence-electron chi connectivity index (χ2n) is 9.43. The van der Waals surface area contributed by atoms with Crippen LogP contribution in [-0.2, 0) is 6.54 Å². The maximum absolute atomic E-state index is 14.6. The first-order valence-corrected chi connectivity index (χ1v) is 12.6. The number of pyridine rings is 1. The van der Waals surface area contributed by atoms with E-state index in [-0.39, 0.29) is 18.1 Å². The number of carbonyl (C=O) groups is 1. The fourth-order valence-electron chi connectivity index (χ4n) is 4.64. The number of methoxy groups -OCH3 is 1. The lowest BCUT2D eigenvalue weighted by atomic mass is 10.1. The SMILES string of the molecule is COc1ncc(N(C)c2ccc3nc(C)nc(NCc4cccc(C(F)F)c4F)c3c2)cc1N1CCN(C)C1=O. The number of rotatable bonds is 8. The third kappa shape index (κ3) is 5.04. The van der Waals surface area contributed by atoms with E-state index in [9.17, 15) is 18.0 Å². The first-order chi connectivity index (χ1) is 19.2. The molecule has 4 aromatic rings. The first kappa shape index (κ1) is 27.0. The predicted molar refractivity (Wildman–Crippen MR) is 147 cm³/mol. The van der Waals surface area contributed by atoms with Crippen LogP contribution in [0.15, 0.2) is 48.7 Å². The molecule has 1 aliphatic rings.